The van der Waals surface area contributed by atoms with E-state index in [1.54, 1.807) is 11.8 Å². The number of aliphatic carboxylic acids is 2. The zero-order valence-corrected chi connectivity index (χ0v) is 21.6. The van der Waals surface area contributed by atoms with Crippen LogP contribution in [-0.4, -0.2) is 64.2 Å². The molecule has 0 aliphatic heterocycles. The molecule has 0 aliphatic rings. The molecule has 0 saturated heterocycles. The van der Waals surface area contributed by atoms with Crippen molar-refractivity contribution >= 4 is 40.8 Å². The number of hydrogen-bond donors (Lipinski definition) is 2. The Hall–Kier alpha value is -2.23. The van der Waals surface area contributed by atoms with Crippen LogP contribution in [0.3, 0.4) is 0 Å². The number of hydrogen-bond acceptors (Lipinski definition) is 7. The molecule has 2 aromatic rings. The van der Waals surface area contributed by atoms with Gasteiger partial charge < -0.3 is 15.1 Å². The Morgan fingerprint density at radius 3 is 2.15 bits per heavy atom. The number of nitrogens with zero attached hydrogens (tertiary/aromatic N) is 2. The lowest BCUT2D eigenvalue weighted by atomic mass is 9.91. The van der Waals surface area contributed by atoms with Crippen LogP contribution in [0.2, 0.25) is 0 Å². The number of rotatable bonds is 10. The molecule has 0 radical (unpaired) electrons. The highest BCUT2D eigenvalue weighted by Gasteiger charge is 2.21. The Morgan fingerprint density at radius 1 is 1.00 bits per heavy atom. The number of unbranched alkanes of at least 4 members (excludes halogenated alkanes) is 3. The first-order valence-corrected chi connectivity index (χ1v) is 12.6. The van der Waals surface area contributed by atoms with E-state index in [0.29, 0.717) is 0 Å². The summed E-state index contributed by atoms with van der Waals surface area (Å²) in [6.07, 6.45) is 4.90. The normalized spacial score (nSPS) is 11.1. The van der Waals surface area contributed by atoms with Crippen LogP contribution in [0.1, 0.15) is 67.4 Å². The lowest BCUT2D eigenvalue weighted by molar-refractivity contribution is -0.159. The maximum Gasteiger partial charge on any atom is 0.414 e. The molecule has 0 saturated carbocycles. The Balaban J connectivity index is 0.000000801. The summed E-state index contributed by atoms with van der Waals surface area (Å²) in [5.41, 5.74) is 1.76. The molecule has 0 amide bonds. The molecule has 2 aromatic heterocycles. The summed E-state index contributed by atoms with van der Waals surface area (Å²) in [6, 6.07) is 7.79. The lowest BCUT2D eigenvalue weighted by Crippen LogP contribution is -2.15. The van der Waals surface area contributed by atoms with Crippen molar-refractivity contribution < 1.29 is 24.6 Å². The molecule has 182 valence electrons. The van der Waals surface area contributed by atoms with Crippen LogP contribution in [0, 0.1) is 0 Å². The Labute approximate surface area is 204 Å². The molecule has 2 rings (SSSR count). The molecule has 7 nitrogen and oxygen atoms in total. The molecule has 33 heavy (non-hydrogen) atoms. The molecule has 0 bridgehead atoms. The highest BCUT2D eigenvalue weighted by Crippen LogP contribution is 2.29. The van der Waals surface area contributed by atoms with Gasteiger partial charge in [-0.2, -0.15) is 0 Å². The van der Waals surface area contributed by atoms with Crippen molar-refractivity contribution in [2.75, 3.05) is 26.4 Å². The third kappa shape index (κ3) is 11.0. The van der Waals surface area contributed by atoms with Gasteiger partial charge in [-0.25, -0.2) is 14.6 Å². The molecule has 0 fully saturated rings. The molecule has 0 atom stereocenters. The number of ketones is 1. The predicted molar refractivity (Wildman–Crippen MR) is 134 cm³/mol. The molecule has 2 N–H and O–H groups in total. The van der Waals surface area contributed by atoms with Crippen LogP contribution in [0.25, 0.3) is 0 Å². The van der Waals surface area contributed by atoms with E-state index >= 15 is 0 Å². The SMILES string of the molecule is CN(C)CCCCCCSc1nc(C(C)(C)C)ccc1C(=O)c1cccs1.O=C(O)C(=O)O. The highest BCUT2D eigenvalue weighted by atomic mass is 32.2. The van der Waals surface area contributed by atoms with E-state index in [0.717, 1.165) is 39.9 Å². The van der Waals surface area contributed by atoms with Crippen LogP contribution < -0.4 is 0 Å². The van der Waals surface area contributed by atoms with E-state index in [9.17, 15) is 4.79 Å². The van der Waals surface area contributed by atoms with Crippen molar-refractivity contribution in [3.8, 4) is 0 Å². The molecule has 2 heterocycles. The second-order valence-electron chi connectivity index (χ2n) is 8.78. The number of carboxylic acid groups (broad SMARTS) is 2. The average molecular weight is 495 g/mol. The zero-order valence-electron chi connectivity index (χ0n) is 20.0. The van der Waals surface area contributed by atoms with Crippen LogP contribution in [0.5, 0.6) is 0 Å². The van der Waals surface area contributed by atoms with E-state index in [-0.39, 0.29) is 11.2 Å². The fraction of sp³-hybridized carbons (Fsp3) is 0.500. The van der Waals surface area contributed by atoms with Crippen LogP contribution in [0.4, 0.5) is 0 Å². The van der Waals surface area contributed by atoms with Gasteiger partial charge in [0.15, 0.2) is 0 Å². The largest absolute Gasteiger partial charge is 0.473 e. The van der Waals surface area contributed by atoms with E-state index in [1.165, 1.54) is 30.6 Å². The minimum absolute atomic E-state index is 0.0218. The monoisotopic (exact) mass is 494 g/mol. The van der Waals surface area contributed by atoms with Gasteiger partial charge in [-0.05, 0) is 62.8 Å². The Morgan fingerprint density at radius 2 is 1.64 bits per heavy atom. The standard InChI is InChI=1S/C22H32N2OS2.C2H2O4/c1-22(2,3)19-13-12-17(20(25)18-11-10-16-26-18)21(23-19)27-15-9-7-6-8-14-24(4)5;3-1(4)2(5)6/h10-13,16H,6-9,14-15H2,1-5H3;(H,3,4)(H,5,6). The van der Waals surface area contributed by atoms with E-state index < -0.39 is 11.9 Å². The summed E-state index contributed by atoms with van der Waals surface area (Å²) in [7, 11) is 4.24. The number of pyridine rings is 1. The van der Waals surface area contributed by atoms with Crippen molar-refractivity contribution in [2.45, 2.75) is 56.9 Å². The first-order valence-electron chi connectivity index (χ1n) is 10.8. The minimum atomic E-state index is -1.82. The van der Waals surface area contributed by atoms with Gasteiger partial charge in [0.2, 0.25) is 5.78 Å². The minimum Gasteiger partial charge on any atom is -0.473 e. The summed E-state index contributed by atoms with van der Waals surface area (Å²) in [5, 5.41) is 17.6. The summed E-state index contributed by atoms with van der Waals surface area (Å²) < 4.78 is 0. The number of aromatic nitrogens is 1. The fourth-order valence-corrected chi connectivity index (χ4v) is 4.43. The van der Waals surface area contributed by atoms with E-state index in [1.807, 2.05) is 29.6 Å². The van der Waals surface area contributed by atoms with Crippen LogP contribution in [0.15, 0.2) is 34.7 Å². The van der Waals surface area contributed by atoms with Crippen molar-refractivity contribution in [3.63, 3.8) is 0 Å². The number of thiophene rings is 1. The molecule has 0 spiro atoms. The van der Waals surface area contributed by atoms with Crippen LogP contribution in [-0.2, 0) is 15.0 Å². The van der Waals surface area contributed by atoms with Crippen molar-refractivity contribution in [3.05, 3.63) is 45.8 Å². The van der Waals surface area contributed by atoms with Gasteiger partial charge >= 0.3 is 11.9 Å². The Kier molecular flexibility index (Phi) is 12.3. The first-order chi connectivity index (χ1) is 15.4. The van der Waals surface area contributed by atoms with Crippen LogP contribution >= 0.6 is 23.1 Å². The van der Waals surface area contributed by atoms with Crippen molar-refractivity contribution in [1.82, 2.24) is 9.88 Å². The third-order valence-electron chi connectivity index (χ3n) is 4.54. The maximum atomic E-state index is 12.9. The maximum absolute atomic E-state index is 12.9. The van der Waals surface area contributed by atoms with Gasteiger partial charge in [0.25, 0.3) is 0 Å². The Bertz CT molecular complexity index is 894. The summed E-state index contributed by atoms with van der Waals surface area (Å²) >= 11 is 3.22. The molecular weight excluding hydrogens is 460 g/mol. The fourth-order valence-electron chi connectivity index (χ4n) is 2.73. The summed E-state index contributed by atoms with van der Waals surface area (Å²) in [4.78, 5) is 39.0. The average Bonchev–Trinajstić information content (AvgIpc) is 3.27. The number of carbonyl (C=O) groups is 3. The lowest BCUT2D eigenvalue weighted by Gasteiger charge is -2.19. The summed E-state index contributed by atoms with van der Waals surface area (Å²) in [6.45, 7) is 7.64. The quantitative estimate of drug-likeness (QED) is 0.205. The number of carbonyl (C=O) groups excluding carboxylic acids is 1. The smallest absolute Gasteiger partial charge is 0.414 e. The number of thioether (sulfide) groups is 1. The van der Waals surface area contributed by atoms with Gasteiger partial charge in [0.1, 0.15) is 5.03 Å². The van der Waals surface area contributed by atoms with Gasteiger partial charge in [-0.3, -0.25) is 4.79 Å². The number of carboxylic acids is 2. The van der Waals surface area contributed by atoms with Crippen molar-refractivity contribution in [2.24, 2.45) is 0 Å². The highest BCUT2D eigenvalue weighted by molar-refractivity contribution is 7.99. The third-order valence-corrected chi connectivity index (χ3v) is 6.49. The molecule has 0 unspecified atom stereocenters. The molecular formula is C24H34N2O5S2. The summed E-state index contributed by atoms with van der Waals surface area (Å²) in [5.74, 6) is -2.55. The van der Waals surface area contributed by atoms with Gasteiger partial charge in [-0.1, -0.05) is 39.7 Å². The van der Waals surface area contributed by atoms with Gasteiger partial charge in [0, 0.05) is 11.1 Å². The van der Waals surface area contributed by atoms with Crippen molar-refractivity contribution in [1.29, 1.82) is 0 Å². The van der Waals surface area contributed by atoms with E-state index in [4.69, 9.17) is 24.8 Å². The van der Waals surface area contributed by atoms with E-state index in [2.05, 4.69) is 39.8 Å². The van der Waals surface area contributed by atoms with Gasteiger partial charge in [-0.15, -0.1) is 23.1 Å². The second kappa shape index (κ2) is 14.1. The molecule has 0 aliphatic carbocycles. The topological polar surface area (TPSA) is 108 Å². The van der Waals surface area contributed by atoms with Gasteiger partial charge in [0.05, 0.1) is 10.4 Å². The zero-order chi connectivity index (χ0) is 25.0. The molecule has 0 aromatic carbocycles. The predicted octanol–water partition coefficient (Wildman–Crippen LogP) is 5.04. The molecule has 9 heteroatoms. The second-order valence-corrected chi connectivity index (χ2v) is 10.8. The first kappa shape index (κ1) is 28.8.